The van der Waals surface area contributed by atoms with E-state index in [1.54, 1.807) is 0 Å². The number of nitrogens with zero attached hydrogens (tertiary/aromatic N) is 1. The summed E-state index contributed by atoms with van der Waals surface area (Å²) < 4.78 is 25.8. The Balaban J connectivity index is 2.79. The van der Waals surface area contributed by atoms with Crippen molar-refractivity contribution in [3.05, 3.63) is 29.8 Å². The Morgan fingerprint density at radius 1 is 1.58 bits per heavy atom. The Hall–Kier alpha value is -1.03. The van der Waals surface area contributed by atoms with Crippen LogP contribution in [0.15, 0.2) is 18.3 Å². The van der Waals surface area contributed by atoms with E-state index >= 15 is 0 Å². The average molecular weight is 172 g/mol. The van der Waals surface area contributed by atoms with E-state index < -0.39 is 12.1 Å². The van der Waals surface area contributed by atoms with Crippen LogP contribution in [0.3, 0.4) is 0 Å². The fourth-order valence-corrected chi connectivity index (χ4v) is 0.934. The molecular weight excluding hydrogens is 162 g/mol. The van der Waals surface area contributed by atoms with Gasteiger partial charge in [0.2, 0.25) is 5.95 Å². The van der Waals surface area contributed by atoms with Crippen LogP contribution in [0.5, 0.6) is 0 Å². The number of halogens is 2. The third kappa shape index (κ3) is 1.98. The van der Waals surface area contributed by atoms with E-state index in [-0.39, 0.29) is 18.5 Å². The summed E-state index contributed by atoms with van der Waals surface area (Å²) in [7, 11) is 0. The molecule has 0 aromatic carbocycles. The van der Waals surface area contributed by atoms with Crippen LogP contribution in [-0.2, 0) is 0 Å². The van der Waals surface area contributed by atoms with Gasteiger partial charge in [0.25, 0.3) is 0 Å². The largest absolute Gasteiger partial charge is 0.330 e. The summed E-state index contributed by atoms with van der Waals surface area (Å²) in [5, 5.41) is 0. The van der Waals surface area contributed by atoms with Crippen molar-refractivity contribution in [3.63, 3.8) is 0 Å². The second-order valence-electron chi connectivity index (χ2n) is 2.43. The molecule has 2 N–H and O–H groups in total. The number of nitrogens with two attached hydrogens (primary N) is 1. The van der Waals surface area contributed by atoms with Crippen LogP contribution in [0.25, 0.3) is 0 Å². The van der Waals surface area contributed by atoms with Gasteiger partial charge in [0.1, 0.15) is 6.17 Å². The Morgan fingerprint density at radius 2 is 2.33 bits per heavy atom. The second-order valence-corrected chi connectivity index (χ2v) is 2.43. The van der Waals surface area contributed by atoms with Crippen LogP contribution >= 0.6 is 0 Å². The van der Waals surface area contributed by atoms with Gasteiger partial charge in [-0.2, -0.15) is 4.39 Å². The van der Waals surface area contributed by atoms with Gasteiger partial charge in [0.05, 0.1) is 0 Å². The van der Waals surface area contributed by atoms with Gasteiger partial charge in [-0.3, -0.25) is 0 Å². The molecule has 2 nitrogen and oxygen atoms in total. The van der Waals surface area contributed by atoms with Crippen molar-refractivity contribution >= 4 is 0 Å². The summed E-state index contributed by atoms with van der Waals surface area (Å²) in [5.74, 6) is -0.751. The topological polar surface area (TPSA) is 38.9 Å². The molecular formula is C8H10F2N2. The molecule has 0 saturated carbocycles. The van der Waals surface area contributed by atoms with Crippen LogP contribution in [0, 0.1) is 5.95 Å². The lowest BCUT2D eigenvalue weighted by molar-refractivity contribution is 0.314. The summed E-state index contributed by atoms with van der Waals surface area (Å²) in [5.41, 5.74) is 5.12. The SMILES string of the molecule is NCCC(F)c1cccnc1F. The van der Waals surface area contributed by atoms with E-state index in [0.717, 1.165) is 0 Å². The average Bonchev–Trinajstić information content (AvgIpc) is 2.05. The molecule has 0 aliphatic rings. The summed E-state index contributed by atoms with van der Waals surface area (Å²) in [6.45, 7) is 0.204. The van der Waals surface area contributed by atoms with Crippen molar-refractivity contribution in [2.75, 3.05) is 6.54 Å². The minimum absolute atomic E-state index is 0.0112. The van der Waals surface area contributed by atoms with Crippen LogP contribution in [0.4, 0.5) is 8.78 Å². The van der Waals surface area contributed by atoms with E-state index in [1.165, 1.54) is 18.3 Å². The molecule has 1 heterocycles. The Kier molecular flexibility index (Phi) is 3.10. The minimum atomic E-state index is -1.34. The predicted octanol–water partition coefficient (Wildman–Crippen LogP) is 1.58. The Bertz CT molecular complexity index is 253. The molecule has 0 saturated heterocycles. The molecule has 0 aliphatic carbocycles. The molecule has 4 heteroatoms. The van der Waals surface area contributed by atoms with E-state index in [1.807, 2.05) is 0 Å². The molecule has 1 aromatic heterocycles. The smallest absolute Gasteiger partial charge is 0.218 e. The first-order valence-corrected chi connectivity index (χ1v) is 3.70. The number of hydrogen-bond acceptors (Lipinski definition) is 2. The highest BCUT2D eigenvalue weighted by Crippen LogP contribution is 2.21. The maximum atomic E-state index is 13.0. The molecule has 66 valence electrons. The van der Waals surface area contributed by atoms with Gasteiger partial charge in [-0.25, -0.2) is 9.37 Å². The maximum Gasteiger partial charge on any atom is 0.218 e. The van der Waals surface area contributed by atoms with Crippen molar-refractivity contribution in [1.82, 2.24) is 4.98 Å². The van der Waals surface area contributed by atoms with Crippen LogP contribution < -0.4 is 5.73 Å². The van der Waals surface area contributed by atoms with Crippen LogP contribution in [-0.4, -0.2) is 11.5 Å². The van der Waals surface area contributed by atoms with Crippen molar-refractivity contribution < 1.29 is 8.78 Å². The molecule has 0 radical (unpaired) electrons. The summed E-state index contributed by atoms with van der Waals surface area (Å²) in [6.07, 6.45) is 0.0695. The van der Waals surface area contributed by atoms with Crippen molar-refractivity contribution in [3.8, 4) is 0 Å². The van der Waals surface area contributed by atoms with Gasteiger partial charge in [-0.15, -0.1) is 0 Å². The second kappa shape index (κ2) is 4.11. The molecule has 0 aliphatic heterocycles. The summed E-state index contributed by atoms with van der Waals surface area (Å²) in [4.78, 5) is 3.33. The van der Waals surface area contributed by atoms with Crippen molar-refractivity contribution in [1.29, 1.82) is 0 Å². The van der Waals surface area contributed by atoms with E-state index in [4.69, 9.17) is 5.73 Å². The maximum absolute atomic E-state index is 13.0. The molecule has 12 heavy (non-hydrogen) atoms. The number of aromatic nitrogens is 1. The van der Waals surface area contributed by atoms with Gasteiger partial charge >= 0.3 is 0 Å². The number of pyridine rings is 1. The fraction of sp³-hybridized carbons (Fsp3) is 0.375. The molecule has 1 aromatic rings. The third-order valence-electron chi connectivity index (χ3n) is 1.55. The Labute approximate surface area is 69.4 Å². The summed E-state index contributed by atoms with van der Waals surface area (Å²) in [6, 6.07) is 2.88. The molecule has 0 bridgehead atoms. The van der Waals surface area contributed by atoms with E-state index in [0.29, 0.717) is 0 Å². The predicted molar refractivity (Wildman–Crippen MR) is 41.7 cm³/mol. The molecule has 0 fully saturated rings. The minimum Gasteiger partial charge on any atom is -0.330 e. The van der Waals surface area contributed by atoms with Gasteiger partial charge in [0, 0.05) is 11.8 Å². The van der Waals surface area contributed by atoms with Gasteiger partial charge < -0.3 is 5.73 Å². The van der Waals surface area contributed by atoms with Crippen molar-refractivity contribution in [2.24, 2.45) is 5.73 Å². The highest BCUT2D eigenvalue weighted by Gasteiger charge is 2.13. The van der Waals surface area contributed by atoms with Crippen molar-refractivity contribution in [2.45, 2.75) is 12.6 Å². The highest BCUT2D eigenvalue weighted by molar-refractivity contribution is 5.13. The lowest BCUT2D eigenvalue weighted by atomic mass is 10.1. The van der Waals surface area contributed by atoms with E-state index in [2.05, 4.69) is 4.98 Å². The first-order chi connectivity index (χ1) is 5.75. The molecule has 0 amide bonds. The van der Waals surface area contributed by atoms with Gasteiger partial charge in [0.15, 0.2) is 0 Å². The zero-order valence-corrected chi connectivity index (χ0v) is 6.50. The molecule has 1 rings (SSSR count). The first-order valence-electron chi connectivity index (χ1n) is 3.70. The van der Waals surface area contributed by atoms with Crippen LogP contribution in [0.2, 0.25) is 0 Å². The normalized spacial score (nSPS) is 12.9. The number of hydrogen-bond donors (Lipinski definition) is 1. The summed E-state index contributed by atoms with van der Waals surface area (Å²) >= 11 is 0. The van der Waals surface area contributed by atoms with Gasteiger partial charge in [-0.05, 0) is 19.0 Å². The molecule has 1 unspecified atom stereocenters. The lowest BCUT2D eigenvalue weighted by Gasteiger charge is -2.06. The van der Waals surface area contributed by atoms with Crippen LogP contribution in [0.1, 0.15) is 18.2 Å². The highest BCUT2D eigenvalue weighted by atomic mass is 19.1. The van der Waals surface area contributed by atoms with Gasteiger partial charge in [-0.1, -0.05) is 6.07 Å². The standard InChI is InChI=1S/C8H10F2N2/c9-7(3-4-11)6-2-1-5-12-8(6)10/h1-2,5,7H,3-4,11H2. The third-order valence-corrected chi connectivity index (χ3v) is 1.55. The molecule has 1 atom stereocenters. The quantitative estimate of drug-likeness (QED) is 0.703. The monoisotopic (exact) mass is 172 g/mol. The lowest BCUT2D eigenvalue weighted by Crippen LogP contribution is -2.05. The molecule has 0 spiro atoms. The first kappa shape index (κ1) is 9.06. The zero-order valence-electron chi connectivity index (χ0n) is 6.50. The number of alkyl halides is 1. The zero-order chi connectivity index (χ0) is 8.97. The Morgan fingerprint density at radius 3 is 2.92 bits per heavy atom. The fourth-order valence-electron chi connectivity index (χ4n) is 0.934. The van der Waals surface area contributed by atoms with E-state index in [9.17, 15) is 8.78 Å². The number of rotatable bonds is 3.